The SMILES string of the molecule is Nc1cc(N=O)cc(C(=O)N2CCC(NCc3ccccc3F)C2)c1. The van der Waals surface area contributed by atoms with Crippen molar-refractivity contribution in [3.8, 4) is 0 Å². The van der Waals surface area contributed by atoms with Gasteiger partial charge in [0.05, 0.1) is 0 Å². The van der Waals surface area contributed by atoms with Crippen LogP contribution in [0, 0.1) is 10.7 Å². The summed E-state index contributed by atoms with van der Waals surface area (Å²) >= 11 is 0. The van der Waals surface area contributed by atoms with Gasteiger partial charge in [-0.05, 0) is 35.9 Å². The van der Waals surface area contributed by atoms with E-state index < -0.39 is 0 Å². The van der Waals surface area contributed by atoms with Gasteiger partial charge in [0.25, 0.3) is 5.91 Å². The van der Waals surface area contributed by atoms with Crippen molar-refractivity contribution in [2.24, 2.45) is 5.18 Å². The van der Waals surface area contributed by atoms with Gasteiger partial charge < -0.3 is 16.0 Å². The van der Waals surface area contributed by atoms with Gasteiger partial charge in [-0.1, -0.05) is 18.2 Å². The molecule has 1 saturated heterocycles. The van der Waals surface area contributed by atoms with Gasteiger partial charge >= 0.3 is 0 Å². The summed E-state index contributed by atoms with van der Waals surface area (Å²) in [7, 11) is 0. The van der Waals surface area contributed by atoms with Crippen LogP contribution in [0.1, 0.15) is 22.3 Å². The molecule has 0 spiro atoms. The molecule has 0 radical (unpaired) electrons. The monoisotopic (exact) mass is 342 g/mol. The summed E-state index contributed by atoms with van der Waals surface area (Å²) in [6.07, 6.45) is 0.779. The summed E-state index contributed by atoms with van der Waals surface area (Å²) < 4.78 is 13.6. The van der Waals surface area contributed by atoms with E-state index in [1.807, 2.05) is 0 Å². The van der Waals surface area contributed by atoms with Crippen LogP contribution in [0.3, 0.4) is 0 Å². The molecule has 1 unspecified atom stereocenters. The molecule has 3 rings (SSSR count). The number of nitrogens with one attached hydrogen (secondary N) is 1. The second-order valence-electron chi connectivity index (χ2n) is 6.11. The number of amides is 1. The van der Waals surface area contributed by atoms with Crippen molar-refractivity contribution >= 4 is 17.3 Å². The van der Waals surface area contributed by atoms with Gasteiger partial charge in [-0.3, -0.25) is 4.79 Å². The smallest absolute Gasteiger partial charge is 0.254 e. The Morgan fingerprint density at radius 3 is 2.88 bits per heavy atom. The fraction of sp³-hybridized carbons (Fsp3) is 0.278. The van der Waals surface area contributed by atoms with Crippen LogP contribution >= 0.6 is 0 Å². The van der Waals surface area contributed by atoms with E-state index in [9.17, 15) is 14.1 Å². The second-order valence-corrected chi connectivity index (χ2v) is 6.11. The van der Waals surface area contributed by atoms with Crippen LogP contribution in [-0.4, -0.2) is 29.9 Å². The first kappa shape index (κ1) is 17.0. The van der Waals surface area contributed by atoms with Crippen LogP contribution in [0.15, 0.2) is 47.6 Å². The lowest BCUT2D eigenvalue weighted by Crippen LogP contribution is -2.35. The number of nitrogen functional groups attached to an aromatic ring is 1. The molecule has 7 heteroatoms. The normalized spacial score (nSPS) is 16.8. The quantitative estimate of drug-likeness (QED) is 0.646. The number of nitroso groups, excluding NO2 is 1. The number of halogens is 1. The van der Waals surface area contributed by atoms with Crippen LogP contribution in [0.4, 0.5) is 15.8 Å². The van der Waals surface area contributed by atoms with E-state index in [4.69, 9.17) is 5.73 Å². The number of nitrogens with zero attached hydrogens (tertiary/aromatic N) is 2. The van der Waals surface area contributed by atoms with Crippen molar-refractivity contribution in [2.45, 2.75) is 19.0 Å². The molecule has 0 saturated carbocycles. The third-order valence-corrected chi connectivity index (χ3v) is 4.31. The molecule has 0 aliphatic carbocycles. The minimum Gasteiger partial charge on any atom is -0.399 e. The fourth-order valence-electron chi connectivity index (χ4n) is 3.00. The summed E-state index contributed by atoms with van der Waals surface area (Å²) in [5.74, 6) is -0.429. The highest BCUT2D eigenvalue weighted by atomic mass is 19.1. The van der Waals surface area contributed by atoms with Gasteiger partial charge in [-0.25, -0.2) is 4.39 Å². The third kappa shape index (κ3) is 4.00. The zero-order chi connectivity index (χ0) is 17.8. The number of likely N-dealkylation sites (tertiary alicyclic amines) is 1. The molecule has 1 atom stereocenters. The first-order valence-corrected chi connectivity index (χ1v) is 8.07. The summed E-state index contributed by atoms with van der Waals surface area (Å²) in [6, 6.07) is 11.1. The molecule has 2 aromatic carbocycles. The number of carbonyl (C=O) groups is 1. The highest BCUT2D eigenvalue weighted by Crippen LogP contribution is 2.22. The van der Waals surface area contributed by atoms with E-state index in [-0.39, 0.29) is 23.5 Å². The molecule has 2 aromatic rings. The van der Waals surface area contributed by atoms with Crippen molar-refractivity contribution in [1.82, 2.24) is 10.2 Å². The summed E-state index contributed by atoms with van der Waals surface area (Å²) in [5.41, 5.74) is 7.12. The largest absolute Gasteiger partial charge is 0.399 e. The maximum Gasteiger partial charge on any atom is 0.254 e. The van der Waals surface area contributed by atoms with Crippen molar-refractivity contribution in [2.75, 3.05) is 18.8 Å². The Balaban J connectivity index is 1.61. The lowest BCUT2D eigenvalue weighted by molar-refractivity contribution is 0.0789. The number of benzene rings is 2. The standard InChI is InChI=1S/C18H19FN4O2/c19-17-4-2-1-3-12(17)10-21-15-5-6-23(11-15)18(24)13-7-14(20)9-16(8-13)22-25/h1-4,7-9,15,21H,5-6,10-11,20H2. The van der Waals surface area contributed by atoms with Gasteiger partial charge in [-0.2, -0.15) is 0 Å². The average molecular weight is 342 g/mol. The Bertz CT molecular complexity index is 796. The molecule has 1 fully saturated rings. The molecule has 1 aliphatic rings. The van der Waals surface area contributed by atoms with Crippen LogP contribution in [-0.2, 0) is 6.54 Å². The Morgan fingerprint density at radius 1 is 1.32 bits per heavy atom. The predicted octanol–water partition coefficient (Wildman–Crippen LogP) is 2.81. The molecule has 3 N–H and O–H groups in total. The number of hydrogen-bond donors (Lipinski definition) is 2. The first-order valence-electron chi connectivity index (χ1n) is 8.07. The summed E-state index contributed by atoms with van der Waals surface area (Å²) in [5, 5.41) is 6.12. The Morgan fingerprint density at radius 2 is 2.12 bits per heavy atom. The molecule has 1 heterocycles. The lowest BCUT2D eigenvalue weighted by atomic mass is 10.1. The van der Waals surface area contributed by atoms with E-state index in [2.05, 4.69) is 10.5 Å². The van der Waals surface area contributed by atoms with E-state index in [1.54, 1.807) is 23.1 Å². The molecule has 0 bridgehead atoms. The van der Waals surface area contributed by atoms with Crippen LogP contribution in [0.25, 0.3) is 0 Å². The number of carbonyl (C=O) groups excluding carboxylic acids is 1. The van der Waals surface area contributed by atoms with E-state index in [0.717, 1.165) is 6.42 Å². The van der Waals surface area contributed by atoms with E-state index in [0.29, 0.717) is 36.4 Å². The molecule has 6 nitrogen and oxygen atoms in total. The van der Waals surface area contributed by atoms with E-state index in [1.165, 1.54) is 24.3 Å². The second kappa shape index (κ2) is 7.40. The molecule has 25 heavy (non-hydrogen) atoms. The van der Waals surface area contributed by atoms with Crippen LogP contribution in [0.2, 0.25) is 0 Å². The molecule has 0 aromatic heterocycles. The Labute approximate surface area is 144 Å². The maximum atomic E-state index is 13.6. The van der Waals surface area contributed by atoms with E-state index >= 15 is 0 Å². The first-order chi connectivity index (χ1) is 12.1. The summed E-state index contributed by atoms with van der Waals surface area (Å²) in [4.78, 5) is 25.0. The molecule has 1 aliphatic heterocycles. The number of anilines is 1. The van der Waals surface area contributed by atoms with Crippen molar-refractivity contribution in [1.29, 1.82) is 0 Å². The number of rotatable bonds is 5. The number of hydrogen-bond acceptors (Lipinski definition) is 5. The van der Waals surface area contributed by atoms with Crippen molar-refractivity contribution in [3.05, 3.63) is 64.3 Å². The highest BCUT2D eigenvalue weighted by molar-refractivity contribution is 5.96. The zero-order valence-electron chi connectivity index (χ0n) is 13.6. The molecular formula is C18H19FN4O2. The predicted molar refractivity (Wildman–Crippen MR) is 93.9 cm³/mol. The Hall–Kier alpha value is -2.80. The van der Waals surface area contributed by atoms with Crippen molar-refractivity contribution < 1.29 is 9.18 Å². The third-order valence-electron chi connectivity index (χ3n) is 4.31. The zero-order valence-corrected chi connectivity index (χ0v) is 13.6. The fourth-order valence-corrected chi connectivity index (χ4v) is 3.00. The van der Waals surface area contributed by atoms with Crippen LogP contribution < -0.4 is 11.1 Å². The number of nitrogens with two attached hydrogens (primary N) is 1. The van der Waals surface area contributed by atoms with Gasteiger partial charge in [0.1, 0.15) is 11.5 Å². The summed E-state index contributed by atoms with van der Waals surface area (Å²) in [6.45, 7) is 1.52. The Kier molecular flexibility index (Phi) is 5.04. The van der Waals surface area contributed by atoms with Gasteiger partial charge in [-0.15, -0.1) is 4.91 Å². The van der Waals surface area contributed by atoms with Crippen molar-refractivity contribution in [3.63, 3.8) is 0 Å². The molecule has 1 amide bonds. The highest BCUT2D eigenvalue weighted by Gasteiger charge is 2.27. The van der Waals surface area contributed by atoms with Gasteiger partial charge in [0.15, 0.2) is 0 Å². The van der Waals surface area contributed by atoms with Gasteiger partial charge in [0.2, 0.25) is 0 Å². The minimum absolute atomic E-state index is 0.0910. The van der Waals surface area contributed by atoms with Crippen LogP contribution in [0.5, 0.6) is 0 Å². The lowest BCUT2D eigenvalue weighted by Gasteiger charge is -2.18. The maximum absolute atomic E-state index is 13.6. The van der Waals surface area contributed by atoms with Gasteiger partial charge in [0, 0.05) is 42.5 Å². The topological polar surface area (TPSA) is 87.8 Å². The molecular weight excluding hydrogens is 323 g/mol. The molecule has 130 valence electrons. The minimum atomic E-state index is -0.241. The average Bonchev–Trinajstić information content (AvgIpc) is 3.08.